The van der Waals surface area contributed by atoms with Crippen LogP contribution in [0.5, 0.6) is 0 Å². The van der Waals surface area contributed by atoms with Gasteiger partial charge in [-0.3, -0.25) is 14.2 Å². The highest BCUT2D eigenvalue weighted by Gasteiger charge is 2.11. The molecule has 1 heterocycles. The minimum Gasteiger partial charge on any atom is -0.324 e. The molecule has 5 heteroatoms. The fourth-order valence-corrected chi connectivity index (χ4v) is 2.93. The van der Waals surface area contributed by atoms with Gasteiger partial charge in [-0.25, -0.2) is 4.98 Å². The maximum Gasteiger partial charge on any atom is 0.261 e. The van der Waals surface area contributed by atoms with E-state index in [1.54, 1.807) is 18.2 Å². The van der Waals surface area contributed by atoms with Gasteiger partial charge in [-0.05, 0) is 44.0 Å². The maximum absolute atomic E-state index is 12.4. The van der Waals surface area contributed by atoms with Gasteiger partial charge < -0.3 is 5.32 Å². The number of anilines is 1. The molecule has 0 aliphatic rings. The summed E-state index contributed by atoms with van der Waals surface area (Å²) in [6.07, 6.45) is 1.42. The predicted octanol–water partition coefficient (Wildman–Crippen LogP) is 2.96. The Bertz CT molecular complexity index is 966. The number of aryl methyl sites for hydroxylation is 3. The van der Waals surface area contributed by atoms with Crippen LogP contribution in [0.2, 0.25) is 0 Å². The van der Waals surface area contributed by atoms with Crippen LogP contribution >= 0.6 is 0 Å². The lowest BCUT2D eigenvalue weighted by atomic mass is 10.1. The summed E-state index contributed by atoms with van der Waals surface area (Å²) in [7, 11) is 0. The van der Waals surface area contributed by atoms with Crippen LogP contribution in [0, 0.1) is 20.8 Å². The van der Waals surface area contributed by atoms with Crippen LogP contribution in [-0.4, -0.2) is 15.5 Å². The quantitative estimate of drug-likeness (QED) is 0.806. The van der Waals surface area contributed by atoms with Gasteiger partial charge in [-0.1, -0.05) is 29.8 Å². The largest absolute Gasteiger partial charge is 0.324 e. The van der Waals surface area contributed by atoms with Gasteiger partial charge in [-0.2, -0.15) is 0 Å². The summed E-state index contributed by atoms with van der Waals surface area (Å²) < 4.78 is 1.33. The van der Waals surface area contributed by atoms with Crippen molar-refractivity contribution in [3.05, 3.63) is 69.8 Å². The molecule has 0 atom stereocenters. The monoisotopic (exact) mass is 321 g/mol. The van der Waals surface area contributed by atoms with Crippen LogP contribution in [0.1, 0.15) is 16.7 Å². The molecule has 24 heavy (non-hydrogen) atoms. The summed E-state index contributed by atoms with van der Waals surface area (Å²) in [6, 6.07) is 11.1. The van der Waals surface area contributed by atoms with Crippen LogP contribution in [-0.2, 0) is 11.3 Å². The summed E-state index contributed by atoms with van der Waals surface area (Å²) in [5.74, 6) is -0.246. The van der Waals surface area contributed by atoms with Gasteiger partial charge in [0.05, 0.1) is 17.2 Å². The average Bonchev–Trinajstić information content (AvgIpc) is 2.54. The molecule has 3 rings (SSSR count). The topological polar surface area (TPSA) is 64.0 Å². The van der Waals surface area contributed by atoms with Crippen LogP contribution in [0.15, 0.2) is 47.5 Å². The first-order valence-electron chi connectivity index (χ1n) is 7.77. The second-order valence-electron chi connectivity index (χ2n) is 6.02. The lowest BCUT2D eigenvalue weighted by Gasteiger charge is -2.13. The predicted molar refractivity (Wildman–Crippen MR) is 95.3 cm³/mol. The zero-order valence-corrected chi connectivity index (χ0v) is 14.0. The number of aromatic nitrogens is 2. The van der Waals surface area contributed by atoms with Crippen LogP contribution in [0.3, 0.4) is 0 Å². The van der Waals surface area contributed by atoms with Crippen molar-refractivity contribution in [2.45, 2.75) is 27.3 Å². The highest BCUT2D eigenvalue weighted by Crippen LogP contribution is 2.21. The zero-order chi connectivity index (χ0) is 17.3. The Morgan fingerprint density at radius 2 is 1.79 bits per heavy atom. The number of amides is 1. The van der Waals surface area contributed by atoms with Gasteiger partial charge in [0.2, 0.25) is 5.91 Å². The van der Waals surface area contributed by atoms with Crippen LogP contribution in [0.4, 0.5) is 5.69 Å². The van der Waals surface area contributed by atoms with E-state index in [9.17, 15) is 9.59 Å². The van der Waals surface area contributed by atoms with Gasteiger partial charge in [0, 0.05) is 5.69 Å². The van der Waals surface area contributed by atoms with Crippen molar-refractivity contribution in [3.63, 3.8) is 0 Å². The Labute approximate surface area is 140 Å². The molecule has 122 valence electrons. The number of fused-ring (bicyclic) bond motifs is 1. The number of hydrogen-bond acceptors (Lipinski definition) is 3. The average molecular weight is 321 g/mol. The number of carbonyl (C=O) groups excluding carboxylic acids is 1. The molecule has 0 radical (unpaired) electrons. The van der Waals surface area contributed by atoms with Crippen molar-refractivity contribution in [2.24, 2.45) is 0 Å². The fraction of sp³-hybridized carbons (Fsp3) is 0.211. The highest BCUT2D eigenvalue weighted by atomic mass is 16.2. The van der Waals surface area contributed by atoms with Crippen LogP contribution in [0.25, 0.3) is 10.9 Å². The van der Waals surface area contributed by atoms with Crippen molar-refractivity contribution in [2.75, 3.05) is 5.32 Å². The van der Waals surface area contributed by atoms with E-state index in [-0.39, 0.29) is 18.0 Å². The third kappa shape index (κ3) is 3.06. The molecule has 1 aromatic heterocycles. The van der Waals surface area contributed by atoms with E-state index in [2.05, 4.69) is 10.3 Å². The molecule has 0 saturated carbocycles. The van der Waals surface area contributed by atoms with E-state index in [0.29, 0.717) is 10.9 Å². The Balaban J connectivity index is 1.86. The molecule has 0 saturated heterocycles. The summed E-state index contributed by atoms with van der Waals surface area (Å²) in [6.45, 7) is 5.87. The van der Waals surface area contributed by atoms with E-state index < -0.39 is 0 Å². The summed E-state index contributed by atoms with van der Waals surface area (Å²) in [5.41, 5.74) is 4.37. The number of carbonyl (C=O) groups is 1. The van der Waals surface area contributed by atoms with E-state index >= 15 is 0 Å². The lowest BCUT2D eigenvalue weighted by Crippen LogP contribution is -2.28. The highest BCUT2D eigenvalue weighted by molar-refractivity contribution is 5.92. The van der Waals surface area contributed by atoms with Crippen molar-refractivity contribution in [1.82, 2.24) is 9.55 Å². The molecule has 1 amide bonds. The molecule has 0 bridgehead atoms. The summed E-state index contributed by atoms with van der Waals surface area (Å²) in [5, 5.41) is 3.41. The molecule has 2 aromatic carbocycles. The molecule has 0 aliphatic heterocycles. The third-order valence-corrected chi connectivity index (χ3v) is 3.99. The first-order chi connectivity index (χ1) is 11.5. The summed E-state index contributed by atoms with van der Waals surface area (Å²) in [4.78, 5) is 29.0. The number of benzene rings is 2. The number of nitrogens with one attached hydrogen (secondary N) is 1. The molecule has 5 nitrogen and oxygen atoms in total. The van der Waals surface area contributed by atoms with Crippen molar-refractivity contribution < 1.29 is 4.79 Å². The third-order valence-electron chi connectivity index (χ3n) is 3.99. The smallest absolute Gasteiger partial charge is 0.261 e. The maximum atomic E-state index is 12.4. The Hall–Kier alpha value is -2.95. The number of rotatable bonds is 3. The normalized spacial score (nSPS) is 10.8. The Kier molecular flexibility index (Phi) is 4.16. The fourth-order valence-electron chi connectivity index (χ4n) is 2.93. The van der Waals surface area contributed by atoms with Gasteiger partial charge in [-0.15, -0.1) is 0 Å². The SMILES string of the molecule is Cc1cc(C)c(NC(=O)Cn2cnc3ccccc3c2=O)c(C)c1. The lowest BCUT2D eigenvalue weighted by molar-refractivity contribution is -0.116. The molecular formula is C19H19N3O2. The van der Waals surface area contributed by atoms with Gasteiger partial charge in [0.15, 0.2) is 0 Å². The Morgan fingerprint density at radius 3 is 2.50 bits per heavy atom. The standard InChI is InChI=1S/C19H19N3O2/c1-12-8-13(2)18(14(3)9-12)21-17(23)10-22-11-20-16-7-5-4-6-15(16)19(22)24/h4-9,11H,10H2,1-3H3,(H,21,23). The summed E-state index contributed by atoms with van der Waals surface area (Å²) >= 11 is 0. The number of hydrogen-bond donors (Lipinski definition) is 1. The van der Waals surface area contributed by atoms with Gasteiger partial charge >= 0.3 is 0 Å². The molecule has 1 N–H and O–H groups in total. The molecule has 0 spiro atoms. The minimum atomic E-state index is -0.246. The zero-order valence-electron chi connectivity index (χ0n) is 14.0. The second kappa shape index (κ2) is 6.28. The number of nitrogens with zero attached hydrogens (tertiary/aromatic N) is 2. The van der Waals surface area contributed by atoms with Crippen LogP contribution < -0.4 is 10.9 Å². The van der Waals surface area contributed by atoms with Gasteiger partial charge in [0.1, 0.15) is 6.54 Å². The Morgan fingerprint density at radius 1 is 1.12 bits per heavy atom. The van der Waals surface area contributed by atoms with E-state index in [0.717, 1.165) is 22.4 Å². The van der Waals surface area contributed by atoms with Crippen molar-refractivity contribution in [3.8, 4) is 0 Å². The molecule has 0 fully saturated rings. The second-order valence-corrected chi connectivity index (χ2v) is 6.02. The first-order valence-corrected chi connectivity index (χ1v) is 7.77. The molecule has 0 aliphatic carbocycles. The van der Waals surface area contributed by atoms with E-state index in [4.69, 9.17) is 0 Å². The number of para-hydroxylation sites is 1. The molecular weight excluding hydrogens is 302 g/mol. The van der Waals surface area contributed by atoms with E-state index in [1.807, 2.05) is 39.0 Å². The minimum absolute atomic E-state index is 0.0660. The van der Waals surface area contributed by atoms with Crippen molar-refractivity contribution in [1.29, 1.82) is 0 Å². The van der Waals surface area contributed by atoms with E-state index in [1.165, 1.54) is 10.9 Å². The molecule has 3 aromatic rings. The van der Waals surface area contributed by atoms with Gasteiger partial charge in [0.25, 0.3) is 5.56 Å². The molecule has 0 unspecified atom stereocenters. The van der Waals surface area contributed by atoms with Crippen molar-refractivity contribution >= 4 is 22.5 Å². The first kappa shape index (κ1) is 15.9.